The normalized spacial score (nSPS) is 13.9. The van der Waals surface area contributed by atoms with Crippen LogP contribution in [0, 0.1) is 19.3 Å². The lowest BCUT2D eigenvalue weighted by Gasteiger charge is -2.36. The van der Waals surface area contributed by atoms with E-state index >= 15 is 0 Å². The van der Waals surface area contributed by atoms with Gasteiger partial charge in [-0.2, -0.15) is 5.10 Å². The van der Waals surface area contributed by atoms with Gasteiger partial charge in [0.1, 0.15) is 0 Å². The van der Waals surface area contributed by atoms with E-state index in [0.717, 1.165) is 39.1 Å². The number of carbonyl (C=O) groups is 1. The topological polar surface area (TPSA) is 77.2 Å². The molecule has 184 valence electrons. The van der Waals surface area contributed by atoms with Crippen molar-refractivity contribution in [2.24, 2.45) is 12.5 Å². The molecule has 0 radical (unpaired) electrons. The van der Waals surface area contributed by atoms with Crippen molar-refractivity contribution in [2.75, 3.05) is 0 Å². The second kappa shape index (κ2) is 8.93. The van der Waals surface area contributed by atoms with Crippen LogP contribution in [0.3, 0.4) is 0 Å². The van der Waals surface area contributed by atoms with Gasteiger partial charge in [-0.05, 0) is 74.7 Å². The van der Waals surface area contributed by atoms with E-state index in [-0.39, 0.29) is 11.0 Å². The molecule has 1 N–H and O–H groups in total. The third-order valence-corrected chi connectivity index (χ3v) is 12.1. The van der Waals surface area contributed by atoms with E-state index in [9.17, 15) is 9.90 Å². The molecule has 3 aromatic rings. The summed E-state index contributed by atoms with van der Waals surface area (Å²) >= 11 is 0. The lowest BCUT2D eigenvalue weighted by molar-refractivity contribution is -0.147. The largest absolute Gasteiger partial charge is 0.481 e. The SMILES string of the molecule is Cc1cc2cc(C(c3ccc(C)c(CO[Si](C)(C)C(C)(C)C)c3)C(C)(C)C(=O)O)n(C)c2nn1. The Bertz CT molecular complexity index is 1220. The smallest absolute Gasteiger partial charge is 0.310 e. The molecule has 0 bridgehead atoms. The van der Waals surface area contributed by atoms with Crippen molar-refractivity contribution in [3.05, 3.63) is 58.4 Å². The summed E-state index contributed by atoms with van der Waals surface area (Å²) in [5.41, 5.74) is 4.65. The van der Waals surface area contributed by atoms with Gasteiger partial charge >= 0.3 is 5.97 Å². The molecule has 0 amide bonds. The number of fused-ring (bicyclic) bond motifs is 1. The highest BCUT2D eigenvalue weighted by molar-refractivity contribution is 6.74. The molecule has 0 aliphatic heterocycles. The van der Waals surface area contributed by atoms with Crippen molar-refractivity contribution in [3.8, 4) is 0 Å². The van der Waals surface area contributed by atoms with Crippen LogP contribution in [0.2, 0.25) is 18.1 Å². The number of aromatic nitrogens is 3. The van der Waals surface area contributed by atoms with Crippen LogP contribution >= 0.6 is 0 Å². The van der Waals surface area contributed by atoms with Crippen LogP contribution in [-0.4, -0.2) is 34.2 Å². The molecule has 2 heterocycles. The van der Waals surface area contributed by atoms with Crippen LogP contribution in [0.1, 0.15) is 68.6 Å². The number of rotatable bonds is 7. The Morgan fingerprint density at radius 1 is 1.09 bits per heavy atom. The van der Waals surface area contributed by atoms with Crippen molar-refractivity contribution >= 4 is 25.3 Å². The van der Waals surface area contributed by atoms with Crippen molar-refractivity contribution < 1.29 is 14.3 Å². The zero-order valence-corrected chi connectivity index (χ0v) is 23.3. The lowest BCUT2D eigenvalue weighted by Crippen LogP contribution is -2.40. The van der Waals surface area contributed by atoms with Crippen LogP contribution in [-0.2, 0) is 22.9 Å². The van der Waals surface area contributed by atoms with Gasteiger partial charge in [-0.1, -0.05) is 39.0 Å². The number of carboxylic acids is 1. The molecule has 6 nitrogen and oxygen atoms in total. The minimum absolute atomic E-state index is 0.120. The molecule has 34 heavy (non-hydrogen) atoms. The first-order valence-electron chi connectivity index (χ1n) is 11.8. The molecule has 3 rings (SSSR count). The molecule has 0 aliphatic carbocycles. The Kier molecular flexibility index (Phi) is 6.85. The molecule has 0 aliphatic rings. The minimum Gasteiger partial charge on any atom is -0.481 e. The maximum atomic E-state index is 12.5. The van der Waals surface area contributed by atoms with Gasteiger partial charge in [-0.15, -0.1) is 5.10 Å². The van der Waals surface area contributed by atoms with E-state index in [1.54, 1.807) is 13.8 Å². The molecule has 0 fully saturated rings. The third-order valence-electron chi connectivity index (χ3n) is 7.60. The Morgan fingerprint density at radius 2 is 1.74 bits per heavy atom. The first-order chi connectivity index (χ1) is 15.6. The highest BCUT2D eigenvalue weighted by Gasteiger charge is 2.41. The number of benzene rings is 1. The van der Waals surface area contributed by atoms with Crippen LogP contribution in [0.15, 0.2) is 30.3 Å². The summed E-state index contributed by atoms with van der Waals surface area (Å²) in [6.45, 7) is 19.3. The average molecular weight is 482 g/mol. The molecule has 0 spiro atoms. The third kappa shape index (κ3) is 4.82. The van der Waals surface area contributed by atoms with Crippen LogP contribution in [0.25, 0.3) is 11.0 Å². The Labute approximate surface area is 204 Å². The predicted molar refractivity (Wildman–Crippen MR) is 140 cm³/mol. The Hall–Kier alpha value is -2.51. The summed E-state index contributed by atoms with van der Waals surface area (Å²) < 4.78 is 8.49. The summed E-state index contributed by atoms with van der Waals surface area (Å²) in [6.07, 6.45) is 0. The lowest BCUT2D eigenvalue weighted by atomic mass is 9.72. The number of hydrogen-bond donors (Lipinski definition) is 1. The highest BCUT2D eigenvalue weighted by Crippen LogP contribution is 2.43. The quantitative estimate of drug-likeness (QED) is 0.398. The average Bonchev–Trinajstić information content (AvgIpc) is 3.02. The summed E-state index contributed by atoms with van der Waals surface area (Å²) in [5.74, 6) is -1.22. The van der Waals surface area contributed by atoms with Crippen molar-refractivity contribution in [1.82, 2.24) is 14.8 Å². The number of aryl methyl sites for hydroxylation is 3. The fourth-order valence-electron chi connectivity index (χ4n) is 4.11. The monoisotopic (exact) mass is 481 g/mol. The molecular weight excluding hydrogens is 442 g/mol. The molecule has 0 saturated heterocycles. The Morgan fingerprint density at radius 3 is 2.32 bits per heavy atom. The van der Waals surface area contributed by atoms with Gasteiger partial charge < -0.3 is 14.1 Å². The van der Waals surface area contributed by atoms with Crippen molar-refractivity contribution in [3.63, 3.8) is 0 Å². The molecule has 1 unspecified atom stereocenters. The second-order valence-electron chi connectivity index (χ2n) is 11.6. The van der Waals surface area contributed by atoms with E-state index in [2.05, 4.69) is 75.3 Å². The summed E-state index contributed by atoms with van der Waals surface area (Å²) in [6, 6.07) is 10.3. The number of nitrogens with zero attached hydrogens (tertiary/aromatic N) is 3. The molecule has 1 aromatic carbocycles. The summed E-state index contributed by atoms with van der Waals surface area (Å²) in [7, 11) is 0.00913. The Balaban J connectivity index is 2.13. The molecule has 1 atom stereocenters. The van der Waals surface area contributed by atoms with Gasteiger partial charge in [0.15, 0.2) is 14.0 Å². The predicted octanol–water partition coefficient (Wildman–Crippen LogP) is 6.35. The zero-order chi connectivity index (χ0) is 25.6. The van der Waals surface area contributed by atoms with E-state index in [1.165, 1.54) is 0 Å². The fraction of sp³-hybridized carbons (Fsp3) is 0.519. The van der Waals surface area contributed by atoms with Crippen molar-refractivity contribution in [1.29, 1.82) is 0 Å². The number of hydrogen-bond acceptors (Lipinski definition) is 4. The zero-order valence-electron chi connectivity index (χ0n) is 22.3. The fourth-order valence-corrected chi connectivity index (χ4v) is 5.06. The first-order valence-corrected chi connectivity index (χ1v) is 14.7. The number of aliphatic carboxylic acids is 1. The summed E-state index contributed by atoms with van der Waals surface area (Å²) in [4.78, 5) is 12.5. The van der Waals surface area contributed by atoms with Gasteiger partial charge in [-0.3, -0.25) is 4.79 Å². The standard InChI is InChI=1S/C27H39N3O3Si/c1-17-11-12-19(14-21(17)16-33-34(9,10)26(3,4)5)23(27(6,7)25(31)32)22-15-20-13-18(2)28-29-24(20)30(22)8/h11-15,23H,16H2,1-10H3,(H,31,32). The molecule has 0 saturated carbocycles. The molecule has 2 aromatic heterocycles. The maximum absolute atomic E-state index is 12.5. The van der Waals surface area contributed by atoms with E-state index in [4.69, 9.17) is 4.43 Å². The minimum atomic E-state index is -1.92. The first kappa shape index (κ1) is 26.1. The van der Waals surface area contributed by atoms with E-state index < -0.39 is 19.7 Å². The molecular formula is C27H39N3O3Si. The van der Waals surface area contributed by atoms with Crippen LogP contribution in [0.5, 0.6) is 0 Å². The number of carboxylic acid groups (broad SMARTS) is 1. The second-order valence-corrected chi connectivity index (χ2v) is 16.4. The van der Waals surface area contributed by atoms with E-state index in [0.29, 0.717) is 6.61 Å². The van der Waals surface area contributed by atoms with Gasteiger partial charge in [0.2, 0.25) is 0 Å². The van der Waals surface area contributed by atoms with Gasteiger partial charge in [0.05, 0.1) is 17.7 Å². The van der Waals surface area contributed by atoms with Gasteiger partial charge in [0, 0.05) is 24.0 Å². The van der Waals surface area contributed by atoms with Crippen LogP contribution < -0.4 is 0 Å². The van der Waals surface area contributed by atoms with Crippen molar-refractivity contribution in [2.45, 2.75) is 79.1 Å². The van der Waals surface area contributed by atoms with Gasteiger partial charge in [0.25, 0.3) is 0 Å². The van der Waals surface area contributed by atoms with Crippen LogP contribution in [0.4, 0.5) is 0 Å². The van der Waals surface area contributed by atoms with E-state index in [1.807, 2.05) is 24.6 Å². The molecule has 7 heteroatoms. The van der Waals surface area contributed by atoms with Gasteiger partial charge in [-0.25, -0.2) is 0 Å². The highest BCUT2D eigenvalue weighted by atomic mass is 28.4. The summed E-state index contributed by atoms with van der Waals surface area (Å²) in [5, 5.41) is 19.9. The maximum Gasteiger partial charge on any atom is 0.310 e.